The van der Waals surface area contributed by atoms with Gasteiger partial charge in [0.05, 0.1) is 0 Å². The van der Waals surface area contributed by atoms with E-state index >= 15 is 0 Å². The molecule has 4 aromatic carbocycles. The summed E-state index contributed by atoms with van der Waals surface area (Å²) < 4.78 is 6.40. The Bertz CT molecular complexity index is 1020. The summed E-state index contributed by atoms with van der Waals surface area (Å²) in [7, 11) is 0. The molecule has 1 heteroatoms. The van der Waals surface area contributed by atoms with Gasteiger partial charge >= 0.3 is 205 Å². The molecule has 0 spiro atoms. The second kappa shape index (κ2) is 10.7. The third kappa shape index (κ3) is 4.16. The second-order valence-corrected chi connectivity index (χ2v) is 14.5. The summed E-state index contributed by atoms with van der Waals surface area (Å²) in [5, 5.41) is 0. The molecule has 0 heterocycles. The molecular weight excluding hydrogens is 432 g/mol. The van der Waals surface area contributed by atoms with Gasteiger partial charge < -0.3 is 0 Å². The summed E-state index contributed by atoms with van der Waals surface area (Å²) in [6, 6.07) is 37.3. The molecule has 33 heavy (non-hydrogen) atoms. The van der Waals surface area contributed by atoms with E-state index < -0.39 is 16.6 Å². The molecule has 4 rings (SSSR count). The normalized spacial score (nSPS) is 11.5. The monoisotopic (exact) mass is 468 g/mol. The van der Waals surface area contributed by atoms with E-state index in [4.69, 9.17) is 0 Å². The van der Waals surface area contributed by atoms with E-state index in [0.717, 1.165) is 25.7 Å². The minimum atomic E-state index is -3.33. The molecule has 0 bridgehead atoms. The van der Waals surface area contributed by atoms with Gasteiger partial charge in [0, 0.05) is 0 Å². The van der Waals surface area contributed by atoms with Crippen molar-refractivity contribution in [1.29, 1.82) is 0 Å². The molecule has 4 aromatic rings. The predicted octanol–water partition coefficient (Wildman–Crippen LogP) is 5.69. The minimum absolute atomic E-state index is 1.06. The van der Waals surface area contributed by atoms with Gasteiger partial charge in [-0.05, 0) is 0 Å². The molecule has 0 N–H and O–H groups in total. The van der Waals surface area contributed by atoms with Crippen molar-refractivity contribution < 1.29 is 16.6 Å². The zero-order valence-electron chi connectivity index (χ0n) is 20.6. The van der Waals surface area contributed by atoms with E-state index in [9.17, 15) is 0 Å². The van der Waals surface area contributed by atoms with Gasteiger partial charge in [-0.25, -0.2) is 0 Å². The Morgan fingerprint density at radius 2 is 0.576 bits per heavy atom. The standard InChI is InChI=1S/4C8H9.Ti/c4*1-2-8-6-4-3-5-7-8;/h4*3-6H,2H2,1H3;. The number of hydrogen-bond donors (Lipinski definition) is 0. The van der Waals surface area contributed by atoms with Crippen LogP contribution >= 0.6 is 0 Å². The third-order valence-electron chi connectivity index (χ3n) is 7.21. The summed E-state index contributed by atoms with van der Waals surface area (Å²) >= 11 is -3.33. The Labute approximate surface area is 204 Å². The van der Waals surface area contributed by atoms with Crippen LogP contribution in [0.2, 0.25) is 0 Å². The van der Waals surface area contributed by atoms with Gasteiger partial charge in [0.1, 0.15) is 0 Å². The van der Waals surface area contributed by atoms with Crippen molar-refractivity contribution in [3.63, 3.8) is 0 Å². The molecule has 0 radical (unpaired) electrons. The first-order valence-corrected chi connectivity index (χ1v) is 15.7. The Balaban J connectivity index is 2.30. The first-order chi connectivity index (χ1) is 16.2. The van der Waals surface area contributed by atoms with Crippen molar-refractivity contribution in [2.75, 3.05) is 0 Å². The van der Waals surface area contributed by atoms with Gasteiger partial charge in [-0.1, -0.05) is 0 Å². The number of benzene rings is 4. The van der Waals surface area contributed by atoms with E-state index in [1.54, 1.807) is 15.5 Å². The van der Waals surface area contributed by atoms with Crippen LogP contribution in [0.15, 0.2) is 97.1 Å². The predicted molar refractivity (Wildman–Crippen MR) is 142 cm³/mol. The molecule has 0 nitrogen and oxygen atoms in total. The maximum atomic E-state index is 2.46. The van der Waals surface area contributed by atoms with Crippen LogP contribution in [-0.2, 0) is 42.3 Å². The van der Waals surface area contributed by atoms with Gasteiger partial charge in [0.25, 0.3) is 0 Å². The van der Waals surface area contributed by atoms with Gasteiger partial charge in [-0.2, -0.15) is 0 Å². The third-order valence-corrected chi connectivity index (χ3v) is 15.3. The average Bonchev–Trinajstić information content (AvgIpc) is 2.90. The van der Waals surface area contributed by atoms with Gasteiger partial charge in [0.2, 0.25) is 0 Å². The van der Waals surface area contributed by atoms with Crippen LogP contribution in [0.3, 0.4) is 0 Å². The summed E-state index contributed by atoms with van der Waals surface area (Å²) in [5.74, 6) is 0. The van der Waals surface area contributed by atoms with E-state index in [-0.39, 0.29) is 0 Å². The van der Waals surface area contributed by atoms with Crippen molar-refractivity contribution in [2.24, 2.45) is 0 Å². The molecule has 0 amide bonds. The molecule has 0 aliphatic rings. The van der Waals surface area contributed by atoms with Gasteiger partial charge in [-0.15, -0.1) is 0 Å². The summed E-state index contributed by atoms with van der Waals surface area (Å²) in [6.45, 7) is 9.26. The molecule has 0 unspecified atom stereocenters. The fourth-order valence-electron chi connectivity index (χ4n) is 5.65. The van der Waals surface area contributed by atoms with Crippen LogP contribution in [0.4, 0.5) is 0 Å². The Kier molecular flexibility index (Phi) is 7.69. The zero-order valence-corrected chi connectivity index (χ0v) is 22.1. The van der Waals surface area contributed by atoms with Crippen LogP contribution in [0.1, 0.15) is 49.9 Å². The topological polar surface area (TPSA) is 0 Å². The van der Waals surface area contributed by atoms with Crippen LogP contribution in [0.25, 0.3) is 0 Å². The molecule has 0 aliphatic carbocycles. The first-order valence-electron chi connectivity index (χ1n) is 12.6. The van der Waals surface area contributed by atoms with Crippen LogP contribution < -0.4 is 15.5 Å². The van der Waals surface area contributed by atoms with E-state index in [0.29, 0.717) is 0 Å². The number of aryl methyl sites for hydroxylation is 4. The van der Waals surface area contributed by atoms with Crippen LogP contribution in [-0.4, -0.2) is 0 Å². The Morgan fingerprint density at radius 3 is 0.788 bits per heavy atom. The summed E-state index contributed by atoms with van der Waals surface area (Å²) in [6.07, 6.45) is 4.22. The molecule has 0 saturated carbocycles. The molecule has 0 saturated heterocycles. The molecule has 168 valence electrons. The van der Waals surface area contributed by atoms with E-state index in [1.807, 2.05) is 0 Å². The summed E-state index contributed by atoms with van der Waals surface area (Å²) in [5.41, 5.74) is 6.00. The fraction of sp³-hybridized carbons (Fsp3) is 0.250. The van der Waals surface area contributed by atoms with Crippen LogP contribution in [0, 0.1) is 0 Å². The first kappa shape index (κ1) is 23.7. The van der Waals surface area contributed by atoms with Crippen molar-refractivity contribution in [3.05, 3.63) is 119 Å². The number of rotatable bonds is 8. The average molecular weight is 469 g/mol. The number of hydrogen-bond acceptors (Lipinski definition) is 0. The van der Waals surface area contributed by atoms with Crippen LogP contribution in [0.5, 0.6) is 0 Å². The van der Waals surface area contributed by atoms with Gasteiger partial charge in [0.15, 0.2) is 0 Å². The quantitative estimate of drug-likeness (QED) is 0.292. The van der Waals surface area contributed by atoms with Crippen molar-refractivity contribution in [2.45, 2.75) is 53.4 Å². The molecule has 0 atom stereocenters. The molecule has 0 aromatic heterocycles. The Hall–Kier alpha value is -2.41. The van der Waals surface area contributed by atoms with Crippen molar-refractivity contribution in [1.82, 2.24) is 0 Å². The fourth-order valence-corrected chi connectivity index (χ4v) is 15.2. The Morgan fingerprint density at radius 1 is 0.364 bits per heavy atom. The van der Waals surface area contributed by atoms with E-state index in [1.165, 1.54) is 22.3 Å². The zero-order chi connectivity index (χ0) is 23.3. The van der Waals surface area contributed by atoms with Gasteiger partial charge in [-0.3, -0.25) is 0 Å². The van der Waals surface area contributed by atoms with Crippen molar-refractivity contribution in [3.8, 4) is 0 Å². The summed E-state index contributed by atoms with van der Waals surface area (Å²) in [4.78, 5) is 0. The van der Waals surface area contributed by atoms with Crippen molar-refractivity contribution >= 4 is 15.5 Å². The molecule has 0 fully saturated rings. The molecule has 0 aliphatic heterocycles. The van der Waals surface area contributed by atoms with E-state index in [2.05, 4.69) is 125 Å². The second-order valence-electron chi connectivity index (χ2n) is 8.79. The molecular formula is C32H36Ti. The maximum absolute atomic E-state index is 3.33. The SMILES string of the molecule is CCc1cccc[c]1[Ti]([c]1ccccc1CC)([c]1ccccc1CC)[c]1ccccc1CC.